The molecule has 1 saturated carbocycles. The molecule has 2 saturated heterocycles. The summed E-state index contributed by atoms with van der Waals surface area (Å²) in [5.74, 6) is -5.33. The highest BCUT2D eigenvalue weighted by Gasteiger charge is 2.70. The number of rotatable bonds is 8. The third kappa shape index (κ3) is 5.45. The zero-order valence-corrected chi connectivity index (χ0v) is 31.4. The fourth-order valence-corrected chi connectivity index (χ4v) is 9.79. The highest BCUT2D eigenvalue weighted by Crippen LogP contribution is 2.65. The molecule has 13 heteroatoms. The molecule has 2 aliphatic carbocycles. The Kier molecular flexibility index (Phi) is 9.11. The van der Waals surface area contributed by atoms with Crippen molar-refractivity contribution in [2.24, 2.45) is 23.7 Å². The molecule has 54 heavy (non-hydrogen) atoms. The summed E-state index contributed by atoms with van der Waals surface area (Å²) < 4.78 is 11.0. The molecule has 4 aromatic rings. The van der Waals surface area contributed by atoms with Crippen LogP contribution in [0.3, 0.4) is 0 Å². The van der Waals surface area contributed by atoms with E-state index in [2.05, 4.69) is 5.43 Å². The molecule has 6 atom stereocenters. The topological polar surface area (TPSA) is 125 Å². The van der Waals surface area contributed by atoms with Crippen LogP contribution in [0.1, 0.15) is 35.4 Å². The Balaban J connectivity index is 1.33. The van der Waals surface area contributed by atoms with Gasteiger partial charge in [-0.2, -0.15) is 5.01 Å². The number of aromatic hydroxyl groups is 1. The maximum atomic E-state index is 15.4. The van der Waals surface area contributed by atoms with E-state index < -0.39 is 46.8 Å². The number of ether oxygens (including phenoxy) is 2. The number of anilines is 1. The van der Waals surface area contributed by atoms with E-state index in [-0.39, 0.29) is 58.4 Å². The zero-order valence-electron chi connectivity index (χ0n) is 29.1. The number of halogens is 3. The molecule has 2 heterocycles. The Bertz CT molecular complexity index is 2250. The molecule has 4 aromatic carbocycles. The van der Waals surface area contributed by atoms with Crippen LogP contribution in [0.25, 0.3) is 0 Å². The Hall–Kier alpha value is -5.03. The van der Waals surface area contributed by atoms with Gasteiger partial charge in [0, 0.05) is 10.9 Å². The maximum absolute atomic E-state index is 15.4. The van der Waals surface area contributed by atoms with Crippen molar-refractivity contribution in [1.29, 1.82) is 0 Å². The Morgan fingerprint density at radius 1 is 0.833 bits per heavy atom. The summed E-state index contributed by atoms with van der Waals surface area (Å²) in [4.78, 5) is 60.2. The number of phenolic OH excluding ortho intramolecular Hbond substituents is 1. The van der Waals surface area contributed by atoms with E-state index in [1.807, 2.05) is 36.4 Å². The summed E-state index contributed by atoms with van der Waals surface area (Å²) in [7, 11) is 2.92. The van der Waals surface area contributed by atoms with E-state index in [4.69, 9.17) is 44.3 Å². The van der Waals surface area contributed by atoms with Crippen LogP contribution in [-0.2, 0) is 31.1 Å². The fourth-order valence-electron chi connectivity index (χ4n) is 9.12. The summed E-state index contributed by atoms with van der Waals surface area (Å²) in [6, 6.07) is 24.1. The highest BCUT2D eigenvalue weighted by molar-refractivity contribution is 6.36. The van der Waals surface area contributed by atoms with E-state index in [9.17, 15) is 19.5 Å². The summed E-state index contributed by atoms with van der Waals surface area (Å²) in [5.41, 5.74) is 4.20. The molecule has 4 amide bonds. The van der Waals surface area contributed by atoms with Gasteiger partial charge in [-0.25, -0.2) is 0 Å². The molecule has 0 spiro atoms. The number of fused-ring (bicyclic) bond motifs is 4. The lowest BCUT2D eigenvalue weighted by Gasteiger charge is -2.50. The normalized spacial score (nSPS) is 25.9. The number of hydrogen-bond acceptors (Lipinski definition) is 8. The molecule has 3 fully saturated rings. The van der Waals surface area contributed by atoms with Gasteiger partial charge in [0.1, 0.15) is 5.75 Å². The van der Waals surface area contributed by atoms with Crippen LogP contribution in [0.2, 0.25) is 15.1 Å². The van der Waals surface area contributed by atoms with E-state index in [0.29, 0.717) is 21.9 Å². The quantitative estimate of drug-likeness (QED) is 0.139. The lowest BCUT2D eigenvalue weighted by molar-refractivity contribution is -0.142. The third-order valence-corrected chi connectivity index (χ3v) is 12.3. The molecule has 8 rings (SSSR count). The second kappa shape index (κ2) is 13.7. The number of methoxy groups -OCH3 is 2. The van der Waals surface area contributed by atoms with Gasteiger partial charge in [-0.3, -0.25) is 29.5 Å². The number of nitrogens with zero attached hydrogens (tertiary/aromatic N) is 2. The van der Waals surface area contributed by atoms with Crippen LogP contribution < -0.4 is 14.9 Å². The predicted molar refractivity (Wildman–Crippen MR) is 202 cm³/mol. The van der Waals surface area contributed by atoms with E-state index >= 15 is 4.79 Å². The number of hydrazine groups is 1. The molecule has 0 bridgehead atoms. The molecule has 0 aromatic heterocycles. The Morgan fingerprint density at radius 3 is 2.26 bits per heavy atom. The van der Waals surface area contributed by atoms with E-state index in [1.165, 1.54) is 25.2 Å². The summed E-state index contributed by atoms with van der Waals surface area (Å²) in [6.45, 7) is 0.123. The van der Waals surface area contributed by atoms with Crippen LogP contribution in [0, 0.1) is 23.7 Å². The van der Waals surface area contributed by atoms with E-state index in [0.717, 1.165) is 16.1 Å². The zero-order chi connectivity index (χ0) is 38.1. The van der Waals surface area contributed by atoms with Crippen LogP contribution in [0.5, 0.6) is 17.2 Å². The van der Waals surface area contributed by atoms with Gasteiger partial charge in [0.05, 0.1) is 59.7 Å². The maximum Gasteiger partial charge on any atom is 0.260 e. The minimum absolute atomic E-state index is 0.0250. The molecule has 2 N–H and O–H groups in total. The monoisotopic (exact) mass is 785 g/mol. The van der Waals surface area contributed by atoms with Crippen molar-refractivity contribution in [2.45, 2.75) is 30.7 Å². The smallest absolute Gasteiger partial charge is 0.260 e. The number of allylic oxidation sites excluding steroid dienone is 2. The first-order valence-corrected chi connectivity index (χ1v) is 18.5. The summed E-state index contributed by atoms with van der Waals surface area (Å²) >= 11 is 19.4. The largest absolute Gasteiger partial charge is 0.503 e. The number of benzene rings is 4. The fraction of sp³-hybridized carbons (Fsp3) is 0.268. The SMILES string of the molecule is COc1ccc([C@@]23C(=O)N(Nc4ccc(Cl)cc4Cl)C(=O)[C@@H]2C[C@@H]2C(=CC[C@@H]4C(=O)N(Cc5ccccc5)C(=O)[C@@H]42)[C@@H]3c2cc(Cl)c(O)c(OC)c2)cc1. The van der Waals surface area contributed by atoms with Gasteiger partial charge in [0.25, 0.3) is 11.8 Å². The van der Waals surface area contributed by atoms with Crippen molar-refractivity contribution in [3.05, 3.63) is 128 Å². The number of carbonyl (C=O) groups is 4. The third-order valence-electron chi connectivity index (χ3n) is 11.5. The van der Waals surface area contributed by atoms with Crippen LogP contribution in [0.15, 0.2) is 96.6 Å². The van der Waals surface area contributed by atoms with Crippen molar-refractivity contribution in [1.82, 2.24) is 9.91 Å². The first-order chi connectivity index (χ1) is 26.0. The van der Waals surface area contributed by atoms with Gasteiger partial charge in [-0.05, 0) is 77.9 Å². The molecule has 0 unspecified atom stereocenters. The van der Waals surface area contributed by atoms with Crippen molar-refractivity contribution in [3.63, 3.8) is 0 Å². The number of phenols is 1. The van der Waals surface area contributed by atoms with E-state index in [1.54, 1.807) is 48.5 Å². The first-order valence-electron chi connectivity index (χ1n) is 17.4. The van der Waals surface area contributed by atoms with Gasteiger partial charge in [0.15, 0.2) is 11.5 Å². The molecule has 276 valence electrons. The minimum atomic E-state index is -1.61. The number of amides is 4. The lowest BCUT2D eigenvalue weighted by Crippen LogP contribution is -2.53. The van der Waals surface area contributed by atoms with Gasteiger partial charge < -0.3 is 14.6 Å². The second-order valence-corrected chi connectivity index (χ2v) is 15.3. The average molecular weight is 787 g/mol. The van der Waals surface area contributed by atoms with Crippen molar-refractivity contribution >= 4 is 64.1 Å². The molecule has 0 radical (unpaired) electrons. The summed E-state index contributed by atoms with van der Waals surface area (Å²) in [5, 5.41) is 12.4. The number of imide groups is 2. The van der Waals surface area contributed by atoms with Crippen LogP contribution in [0.4, 0.5) is 5.69 Å². The van der Waals surface area contributed by atoms with Crippen LogP contribution in [-0.4, -0.2) is 52.9 Å². The number of likely N-dealkylation sites (tertiary alicyclic amines) is 1. The molecule has 10 nitrogen and oxygen atoms in total. The highest BCUT2D eigenvalue weighted by atomic mass is 35.5. The Labute approximate surface area is 326 Å². The number of carbonyl (C=O) groups excluding carboxylic acids is 4. The van der Waals surface area contributed by atoms with Crippen molar-refractivity contribution in [3.8, 4) is 17.2 Å². The average Bonchev–Trinajstić information content (AvgIpc) is 3.54. The predicted octanol–water partition coefficient (Wildman–Crippen LogP) is 7.55. The second-order valence-electron chi connectivity index (χ2n) is 14.0. The van der Waals surface area contributed by atoms with Gasteiger partial charge in [0.2, 0.25) is 11.8 Å². The molecular formula is C41H34Cl3N3O7. The van der Waals surface area contributed by atoms with Crippen LogP contribution >= 0.6 is 34.8 Å². The minimum Gasteiger partial charge on any atom is -0.503 e. The van der Waals surface area contributed by atoms with Gasteiger partial charge >= 0.3 is 0 Å². The molecule has 2 aliphatic heterocycles. The lowest BCUT2D eigenvalue weighted by atomic mass is 9.49. The number of nitrogens with one attached hydrogen (secondary N) is 1. The van der Waals surface area contributed by atoms with Gasteiger partial charge in [-0.15, -0.1) is 0 Å². The molecule has 4 aliphatic rings. The Morgan fingerprint density at radius 2 is 1.57 bits per heavy atom. The molecular weight excluding hydrogens is 753 g/mol. The number of hydrogen-bond donors (Lipinski definition) is 2. The van der Waals surface area contributed by atoms with Gasteiger partial charge in [-0.1, -0.05) is 88.9 Å². The summed E-state index contributed by atoms with van der Waals surface area (Å²) in [6.07, 6.45) is 2.29. The first kappa shape index (κ1) is 36.0. The standard InChI is InChI=1S/C41H34Cl3N3O7/c1-53-25-11-8-23(9-12-25)41-29(38(50)47(40(41)52)45-32-15-10-24(42)18-30(32)43)19-28-26(35(41)22-16-31(44)36(48)33(17-22)54-2)13-14-27-34(28)39(51)46(37(27)49)20-21-6-4-3-5-7-21/h3-13,15-18,27-29,34-35,45,48H,14,19-20H2,1-2H3/t27-,28+,29-,34-,35-,41+/m0/s1. The van der Waals surface area contributed by atoms with Crippen molar-refractivity contribution < 1.29 is 33.8 Å². The van der Waals surface area contributed by atoms with Crippen molar-refractivity contribution in [2.75, 3.05) is 19.6 Å².